The van der Waals surface area contributed by atoms with Gasteiger partial charge in [-0.2, -0.15) is 0 Å². The lowest BCUT2D eigenvalue weighted by molar-refractivity contribution is -0.143. The number of unbranched alkanes of at least 4 members (excludes halogenated alkanes) is 5. The highest BCUT2D eigenvalue weighted by molar-refractivity contribution is 5.69. The number of aliphatic hydroxyl groups excluding tert-OH is 1. The lowest BCUT2D eigenvalue weighted by Gasteiger charge is -2.29. The van der Waals surface area contributed by atoms with E-state index < -0.39 is 5.60 Å². The van der Waals surface area contributed by atoms with E-state index in [1.54, 1.807) is 0 Å². The van der Waals surface area contributed by atoms with Gasteiger partial charge in [0.2, 0.25) is 0 Å². The number of esters is 1. The van der Waals surface area contributed by atoms with Gasteiger partial charge < -0.3 is 14.9 Å². The van der Waals surface area contributed by atoms with E-state index >= 15 is 0 Å². The summed E-state index contributed by atoms with van der Waals surface area (Å²) in [6.07, 6.45) is 16.4. The first-order valence-corrected chi connectivity index (χ1v) is 13.1. The molecule has 0 aromatic carbocycles. The van der Waals surface area contributed by atoms with Crippen LogP contribution in [-0.4, -0.2) is 34.5 Å². The third-order valence-electron chi connectivity index (χ3n) is 6.80. The molecule has 1 aliphatic rings. The highest BCUT2D eigenvalue weighted by atomic mass is 16.5. The van der Waals surface area contributed by atoms with Gasteiger partial charge in [0.25, 0.3) is 0 Å². The zero-order valence-corrected chi connectivity index (χ0v) is 20.8. The van der Waals surface area contributed by atoms with E-state index in [4.69, 9.17) is 4.74 Å². The molecule has 0 aliphatic heterocycles. The van der Waals surface area contributed by atoms with Crippen molar-refractivity contribution in [2.75, 3.05) is 6.61 Å². The minimum Gasteiger partial charge on any atom is -0.466 e. The van der Waals surface area contributed by atoms with Crippen molar-refractivity contribution in [2.45, 2.75) is 136 Å². The lowest BCUT2D eigenvalue weighted by Crippen LogP contribution is -2.29. The predicted molar refractivity (Wildman–Crippen MR) is 129 cm³/mol. The maximum absolute atomic E-state index is 11.4. The van der Waals surface area contributed by atoms with Crippen molar-refractivity contribution in [3.05, 3.63) is 11.6 Å². The maximum Gasteiger partial charge on any atom is 0.305 e. The van der Waals surface area contributed by atoms with Gasteiger partial charge in [-0.25, -0.2) is 0 Å². The first kappa shape index (κ1) is 28.2. The molecule has 2 N–H and O–H groups in total. The third kappa shape index (κ3) is 12.1. The van der Waals surface area contributed by atoms with Crippen molar-refractivity contribution in [2.24, 2.45) is 11.8 Å². The van der Waals surface area contributed by atoms with E-state index in [0.29, 0.717) is 18.9 Å². The summed E-state index contributed by atoms with van der Waals surface area (Å²) in [7, 11) is 0. The predicted octanol–water partition coefficient (Wildman–Crippen LogP) is 6.73. The largest absolute Gasteiger partial charge is 0.466 e. The zero-order chi connectivity index (χ0) is 23.1. The van der Waals surface area contributed by atoms with Crippen molar-refractivity contribution in [3.8, 4) is 0 Å². The van der Waals surface area contributed by atoms with Gasteiger partial charge in [-0.3, -0.25) is 4.79 Å². The molecule has 0 bridgehead atoms. The third-order valence-corrected chi connectivity index (χ3v) is 6.80. The van der Waals surface area contributed by atoms with Gasteiger partial charge >= 0.3 is 5.97 Å². The quantitative estimate of drug-likeness (QED) is 0.150. The Morgan fingerprint density at radius 1 is 1.13 bits per heavy atom. The Balaban J connectivity index is 2.51. The minimum atomic E-state index is -0.600. The summed E-state index contributed by atoms with van der Waals surface area (Å²) >= 11 is 0. The monoisotopic (exact) mass is 438 g/mol. The van der Waals surface area contributed by atoms with Crippen molar-refractivity contribution < 1.29 is 19.7 Å². The van der Waals surface area contributed by atoms with Crippen molar-refractivity contribution in [1.29, 1.82) is 0 Å². The normalized spacial score (nSPS) is 22.2. The SMILES string of the molecule is CCCCCC(O)(CC=C1CC[C@@H](O)[C@@H]1CCCCCCC(=O)OCC)CCC(C)C. The van der Waals surface area contributed by atoms with Crippen LogP contribution in [-0.2, 0) is 9.53 Å². The molecule has 1 fully saturated rings. The number of hydrogen-bond acceptors (Lipinski definition) is 4. The van der Waals surface area contributed by atoms with Crippen LogP contribution in [0.15, 0.2) is 11.6 Å². The standard InChI is InChI=1S/C27H50O4/c1-5-7-12-19-27(30,20-17-22(3)4)21-18-23-15-16-25(28)24(23)13-10-8-9-11-14-26(29)31-6-2/h18,22,24-25,28,30H,5-17,19-21H2,1-4H3/t24-,25-,27?/m1/s1. The Hall–Kier alpha value is -0.870. The Morgan fingerprint density at radius 2 is 1.87 bits per heavy atom. The van der Waals surface area contributed by atoms with E-state index in [1.807, 2.05) is 6.92 Å². The van der Waals surface area contributed by atoms with Crippen LogP contribution in [0.3, 0.4) is 0 Å². The lowest BCUT2D eigenvalue weighted by atomic mass is 9.84. The van der Waals surface area contributed by atoms with Crippen LogP contribution >= 0.6 is 0 Å². The molecule has 0 aromatic heterocycles. The molecule has 1 saturated carbocycles. The first-order valence-electron chi connectivity index (χ1n) is 13.1. The van der Waals surface area contributed by atoms with Gasteiger partial charge in [0, 0.05) is 12.3 Å². The van der Waals surface area contributed by atoms with Crippen molar-refractivity contribution in [3.63, 3.8) is 0 Å². The highest BCUT2D eigenvalue weighted by Crippen LogP contribution is 2.37. The van der Waals surface area contributed by atoms with E-state index in [0.717, 1.165) is 77.0 Å². The number of ether oxygens (including phenoxy) is 1. The summed E-state index contributed by atoms with van der Waals surface area (Å²) in [4.78, 5) is 11.4. The average molecular weight is 439 g/mol. The van der Waals surface area contributed by atoms with Gasteiger partial charge in [0.05, 0.1) is 18.3 Å². The molecule has 182 valence electrons. The summed E-state index contributed by atoms with van der Waals surface area (Å²) in [5, 5.41) is 21.8. The molecule has 0 amide bonds. The second-order valence-electron chi connectivity index (χ2n) is 10.1. The van der Waals surface area contributed by atoms with Crippen molar-refractivity contribution in [1.82, 2.24) is 0 Å². The molecular formula is C27H50O4. The van der Waals surface area contributed by atoms with Crippen LogP contribution in [0.25, 0.3) is 0 Å². The topological polar surface area (TPSA) is 66.8 Å². The molecule has 4 nitrogen and oxygen atoms in total. The summed E-state index contributed by atoms with van der Waals surface area (Å²) < 4.78 is 4.97. The van der Waals surface area contributed by atoms with Crippen molar-refractivity contribution >= 4 is 5.97 Å². The van der Waals surface area contributed by atoms with Gasteiger partial charge in [-0.1, -0.05) is 70.9 Å². The van der Waals surface area contributed by atoms with Gasteiger partial charge in [-0.15, -0.1) is 0 Å². The molecule has 4 heteroatoms. The molecule has 0 heterocycles. The summed E-state index contributed by atoms with van der Waals surface area (Å²) in [5.41, 5.74) is 0.759. The molecule has 1 rings (SSSR count). The summed E-state index contributed by atoms with van der Waals surface area (Å²) in [6, 6.07) is 0. The molecule has 0 aromatic rings. The molecule has 0 saturated heterocycles. The minimum absolute atomic E-state index is 0.0946. The number of carbonyl (C=O) groups is 1. The van der Waals surface area contributed by atoms with E-state index in [2.05, 4.69) is 26.8 Å². The Labute approximate surface area is 191 Å². The van der Waals surface area contributed by atoms with Gasteiger partial charge in [-0.05, 0) is 64.2 Å². The highest BCUT2D eigenvalue weighted by Gasteiger charge is 2.31. The summed E-state index contributed by atoms with van der Waals surface area (Å²) in [6.45, 7) is 8.95. The van der Waals surface area contributed by atoms with E-state index in [-0.39, 0.29) is 18.0 Å². The fourth-order valence-electron chi connectivity index (χ4n) is 4.71. The van der Waals surface area contributed by atoms with Crippen LogP contribution < -0.4 is 0 Å². The molecule has 1 aliphatic carbocycles. The number of aliphatic hydroxyl groups is 2. The Morgan fingerprint density at radius 3 is 2.55 bits per heavy atom. The van der Waals surface area contributed by atoms with Crippen LogP contribution in [0.5, 0.6) is 0 Å². The zero-order valence-electron chi connectivity index (χ0n) is 20.8. The van der Waals surface area contributed by atoms with Crippen LogP contribution in [0.1, 0.15) is 124 Å². The molecule has 0 radical (unpaired) electrons. The number of hydrogen-bond donors (Lipinski definition) is 2. The Kier molecular flexibility index (Phi) is 14.4. The number of carbonyl (C=O) groups excluding carboxylic acids is 1. The summed E-state index contributed by atoms with van der Waals surface area (Å²) in [5.74, 6) is 0.758. The Bertz CT molecular complexity index is 513. The molecule has 3 atom stereocenters. The molecule has 0 spiro atoms. The first-order chi connectivity index (χ1) is 14.8. The van der Waals surface area contributed by atoms with Gasteiger partial charge in [0.15, 0.2) is 0 Å². The van der Waals surface area contributed by atoms with E-state index in [1.165, 1.54) is 18.4 Å². The fraction of sp³-hybridized carbons (Fsp3) is 0.889. The average Bonchev–Trinajstić information content (AvgIpc) is 3.08. The van der Waals surface area contributed by atoms with Gasteiger partial charge in [0.1, 0.15) is 0 Å². The second kappa shape index (κ2) is 15.9. The fourth-order valence-corrected chi connectivity index (χ4v) is 4.71. The van der Waals surface area contributed by atoms with E-state index in [9.17, 15) is 15.0 Å². The molecule has 31 heavy (non-hydrogen) atoms. The van der Waals surface area contributed by atoms with Crippen LogP contribution in [0, 0.1) is 11.8 Å². The number of rotatable bonds is 17. The molecule has 1 unspecified atom stereocenters. The maximum atomic E-state index is 11.4. The smallest absolute Gasteiger partial charge is 0.305 e. The van der Waals surface area contributed by atoms with Crippen LogP contribution in [0.2, 0.25) is 0 Å². The second-order valence-corrected chi connectivity index (χ2v) is 10.1. The van der Waals surface area contributed by atoms with Crippen LogP contribution in [0.4, 0.5) is 0 Å². The molecular weight excluding hydrogens is 388 g/mol.